The minimum absolute atomic E-state index is 0.0373. The predicted octanol–water partition coefficient (Wildman–Crippen LogP) is 2.79. The van der Waals surface area contributed by atoms with Crippen molar-refractivity contribution in [3.05, 3.63) is 40.1 Å². The number of carbonyl (C=O) groups is 1. The third-order valence-corrected chi connectivity index (χ3v) is 4.05. The lowest BCUT2D eigenvalue weighted by molar-refractivity contribution is -0.384. The zero-order valence-corrected chi connectivity index (χ0v) is 13.3. The highest BCUT2D eigenvalue weighted by Crippen LogP contribution is 2.31. The molecule has 7 nitrogen and oxygen atoms in total. The van der Waals surface area contributed by atoms with E-state index in [4.69, 9.17) is 0 Å². The normalized spacial score (nSPS) is 13.2. The van der Waals surface area contributed by atoms with E-state index in [0.29, 0.717) is 16.6 Å². The van der Waals surface area contributed by atoms with Crippen LogP contribution >= 0.6 is 0 Å². The second-order valence-electron chi connectivity index (χ2n) is 6.66. The summed E-state index contributed by atoms with van der Waals surface area (Å²) < 4.78 is 1.73. The van der Waals surface area contributed by atoms with Crippen LogP contribution in [0.2, 0.25) is 0 Å². The van der Waals surface area contributed by atoms with Crippen molar-refractivity contribution < 1.29 is 19.9 Å². The molecule has 0 aliphatic heterocycles. The Bertz CT molecular complexity index is 758. The number of carboxylic acid groups (broad SMARTS) is 1. The summed E-state index contributed by atoms with van der Waals surface area (Å²) in [4.78, 5) is 22.0. The van der Waals surface area contributed by atoms with Crippen molar-refractivity contribution in [2.45, 2.75) is 33.9 Å². The summed E-state index contributed by atoms with van der Waals surface area (Å²) in [5.74, 6) is -1.57. The van der Waals surface area contributed by atoms with Gasteiger partial charge in [-0.3, -0.25) is 14.9 Å². The lowest BCUT2D eigenvalue weighted by Gasteiger charge is -2.28. The molecule has 2 aromatic rings. The third kappa shape index (κ3) is 3.34. The Morgan fingerprint density at radius 1 is 1.35 bits per heavy atom. The van der Waals surface area contributed by atoms with Crippen LogP contribution in [-0.4, -0.2) is 25.7 Å². The van der Waals surface area contributed by atoms with Crippen molar-refractivity contribution >= 4 is 22.6 Å². The van der Waals surface area contributed by atoms with Crippen molar-refractivity contribution in [3.8, 4) is 0 Å². The molecule has 0 aliphatic carbocycles. The van der Waals surface area contributed by atoms with E-state index in [-0.39, 0.29) is 18.8 Å². The fourth-order valence-electron chi connectivity index (χ4n) is 2.68. The van der Waals surface area contributed by atoms with Gasteiger partial charge in [-0.1, -0.05) is 20.8 Å². The summed E-state index contributed by atoms with van der Waals surface area (Å²) in [5, 5.41) is 30.5. The van der Waals surface area contributed by atoms with Crippen molar-refractivity contribution in [1.29, 1.82) is 0 Å². The fourth-order valence-corrected chi connectivity index (χ4v) is 2.68. The van der Waals surface area contributed by atoms with Crippen molar-refractivity contribution in [1.82, 2.24) is 4.57 Å². The van der Waals surface area contributed by atoms with Gasteiger partial charge in [-0.2, -0.15) is 0 Å². The number of benzene rings is 1. The first-order valence-corrected chi connectivity index (χ1v) is 7.25. The van der Waals surface area contributed by atoms with Crippen LogP contribution in [-0.2, 0) is 17.9 Å². The van der Waals surface area contributed by atoms with Crippen LogP contribution in [0.5, 0.6) is 0 Å². The molecule has 2 N–H and O–H groups in total. The number of nitrogens with zero attached hydrogens (tertiary/aromatic N) is 2. The van der Waals surface area contributed by atoms with E-state index in [2.05, 4.69) is 0 Å². The molecule has 1 atom stereocenters. The second-order valence-corrected chi connectivity index (χ2v) is 6.66. The molecule has 0 spiro atoms. The quantitative estimate of drug-likeness (QED) is 0.651. The molecule has 124 valence electrons. The molecule has 0 bridgehead atoms. The number of aliphatic carboxylic acids is 1. The summed E-state index contributed by atoms with van der Waals surface area (Å²) in [7, 11) is 0. The molecular formula is C16H20N2O5. The van der Waals surface area contributed by atoms with E-state index >= 15 is 0 Å². The summed E-state index contributed by atoms with van der Waals surface area (Å²) in [5.41, 5.74) is 0.714. The van der Waals surface area contributed by atoms with Gasteiger partial charge in [0, 0.05) is 35.3 Å². The van der Waals surface area contributed by atoms with Crippen molar-refractivity contribution in [2.24, 2.45) is 11.3 Å². The van der Waals surface area contributed by atoms with Gasteiger partial charge >= 0.3 is 5.97 Å². The van der Waals surface area contributed by atoms with Gasteiger partial charge in [0.1, 0.15) is 0 Å². The van der Waals surface area contributed by atoms with Gasteiger partial charge in [0.15, 0.2) is 0 Å². The van der Waals surface area contributed by atoms with Gasteiger partial charge in [0.2, 0.25) is 0 Å². The number of hydrogen-bond donors (Lipinski definition) is 2. The molecule has 1 unspecified atom stereocenters. The maximum absolute atomic E-state index is 11.6. The SMILES string of the molecule is CC(C)(C)C(Cn1c(CO)cc2cc([N+](=O)[O-])ccc21)C(=O)O. The maximum atomic E-state index is 11.6. The van der Waals surface area contributed by atoms with Crippen molar-refractivity contribution in [2.75, 3.05) is 0 Å². The van der Waals surface area contributed by atoms with Gasteiger partial charge in [-0.15, -0.1) is 0 Å². The molecule has 7 heteroatoms. The molecule has 1 aromatic heterocycles. The molecular weight excluding hydrogens is 300 g/mol. The van der Waals surface area contributed by atoms with Crippen LogP contribution in [0, 0.1) is 21.4 Å². The summed E-state index contributed by atoms with van der Waals surface area (Å²) >= 11 is 0. The predicted molar refractivity (Wildman–Crippen MR) is 85.1 cm³/mol. The van der Waals surface area contributed by atoms with Crippen LogP contribution in [0.4, 0.5) is 5.69 Å². The number of aliphatic hydroxyl groups excluding tert-OH is 1. The van der Waals surface area contributed by atoms with Gasteiger partial charge in [0.05, 0.1) is 17.4 Å². The highest BCUT2D eigenvalue weighted by atomic mass is 16.6. The van der Waals surface area contributed by atoms with E-state index in [1.807, 2.05) is 20.8 Å². The Morgan fingerprint density at radius 2 is 2.00 bits per heavy atom. The minimum atomic E-state index is -0.912. The topological polar surface area (TPSA) is 106 Å². The van der Waals surface area contributed by atoms with Crippen LogP contribution in [0.25, 0.3) is 10.9 Å². The Morgan fingerprint density at radius 3 is 2.48 bits per heavy atom. The summed E-state index contributed by atoms with van der Waals surface area (Å²) in [6, 6.07) is 6.06. The molecule has 0 amide bonds. The monoisotopic (exact) mass is 320 g/mol. The number of aliphatic hydroxyl groups is 1. The number of aromatic nitrogens is 1. The van der Waals surface area contributed by atoms with Crippen LogP contribution in [0.15, 0.2) is 24.3 Å². The first-order valence-electron chi connectivity index (χ1n) is 7.25. The molecule has 2 rings (SSSR count). The van der Waals surface area contributed by atoms with Crippen LogP contribution in [0.1, 0.15) is 26.5 Å². The number of rotatable bonds is 5. The number of nitro benzene ring substituents is 1. The number of fused-ring (bicyclic) bond motifs is 1. The zero-order valence-electron chi connectivity index (χ0n) is 13.3. The fraction of sp³-hybridized carbons (Fsp3) is 0.438. The Labute approximate surface area is 133 Å². The number of hydrogen-bond acceptors (Lipinski definition) is 4. The largest absolute Gasteiger partial charge is 0.481 e. The molecule has 0 fully saturated rings. The van der Waals surface area contributed by atoms with E-state index in [1.165, 1.54) is 12.1 Å². The highest BCUT2D eigenvalue weighted by Gasteiger charge is 2.32. The number of nitro groups is 1. The summed E-state index contributed by atoms with van der Waals surface area (Å²) in [6.07, 6.45) is 0. The molecule has 23 heavy (non-hydrogen) atoms. The summed E-state index contributed by atoms with van der Waals surface area (Å²) in [6.45, 7) is 5.47. The van der Waals surface area contributed by atoms with E-state index in [0.717, 1.165) is 0 Å². The molecule has 1 heterocycles. The van der Waals surface area contributed by atoms with Crippen LogP contribution in [0.3, 0.4) is 0 Å². The molecule has 0 aliphatic rings. The van der Waals surface area contributed by atoms with Gasteiger partial charge in [0.25, 0.3) is 5.69 Å². The Balaban J connectivity index is 2.54. The average Bonchev–Trinajstić information content (AvgIpc) is 2.79. The maximum Gasteiger partial charge on any atom is 0.308 e. The first-order chi connectivity index (χ1) is 10.6. The Kier molecular flexibility index (Phi) is 4.42. The van der Waals surface area contributed by atoms with Gasteiger partial charge < -0.3 is 14.8 Å². The van der Waals surface area contributed by atoms with Gasteiger partial charge in [-0.25, -0.2) is 0 Å². The smallest absolute Gasteiger partial charge is 0.308 e. The van der Waals surface area contributed by atoms with E-state index < -0.39 is 22.2 Å². The van der Waals surface area contributed by atoms with Crippen LogP contribution < -0.4 is 0 Å². The molecule has 0 radical (unpaired) electrons. The van der Waals surface area contributed by atoms with E-state index in [1.54, 1.807) is 16.7 Å². The number of non-ortho nitro benzene ring substituents is 1. The number of carboxylic acids is 1. The molecule has 1 aromatic carbocycles. The van der Waals surface area contributed by atoms with E-state index in [9.17, 15) is 25.1 Å². The van der Waals surface area contributed by atoms with Gasteiger partial charge in [-0.05, 0) is 17.5 Å². The molecule has 0 saturated heterocycles. The highest BCUT2D eigenvalue weighted by molar-refractivity contribution is 5.84. The average molecular weight is 320 g/mol. The minimum Gasteiger partial charge on any atom is -0.481 e. The Hall–Kier alpha value is -2.41. The lowest BCUT2D eigenvalue weighted by Crippen LogP contribution is -2.32. The lowest BCUT2D eigenvalue weighted by atomic mass is 9.80. The third-order valence-electron chi connectivity index (χ3n) is 4.05. The standard InChI is InChI=1S/C16H20N2O5/c1-16(2,3)13(15(20)21)8-17-12(9-19)7-10-6-11(18(22)23)4-5-14(10)17/h4-7,13,19H,8-9H2,1-3H3,(H,20,21). The zero-order chi connectivity index (χ0) is 17.4. The first kappa shape index (κ1) is 17.0. The molecule has 0 saturated carbocycles. The second kappa shape index (κ2) is 6.00. The van der Waals surface area contributed by atoms with Crippen molar-refractivity contribution in [3.63, 3.8) is 0 Å².